The highest BCUT2D eigenvalue weighted by atomic mass is 35.5. The van der Waals surface area contributed by atoms with Crippen molar-refractivity contribution in [1.82, 2.24) is 0 Å². The SMILES string of the molecule is FC(F)C(F)C(Cl)=C(Cl)Cl. The highest BCUT2D eigenvalue weighted by Gasteiger charge is 2.24. The lowest BCUT2D eigenvalue weighted by molar-refractivity contribution is 0.0728. The van der Waals surface area contributed by atoms with Crippen LogP contribution in [0.4, 0.5) is 13.2 Å². The van der Waals surface area contributed by atoms with E-state index >= 15 is 0 Å². The Balaban J connectivity index is 4.22. The molecule has 1 unspecified atom stereocenters. The number of halogens is 6. The molecule has 0 fully saturated rings. The van der Waals surface area contributed by atoms with Crippen molar-refractivity contribution in [3.63, 3.8) is 0 Å². The normalized spacial score (nSPS) is 13.5. The molecule has 0 spiro atoms. The minimum Gasteiger partial charge on any atom is -0.235 e. The smallest absolute Gasteiger partial charge is 0.235 e. The Kier molecular flexibility index (Phi) is 4.49. The largest absolute Gasteiger partial charge is 0.274 e. The Bertz CT molecular complexity index is 141. The maximum absolute atomic E-state index is 12.1. The van der Waals surface area contributed by atoms with Gasteiger partial charge in [0.05, 0.1) is 5.03 Å². The maximum Gasteiger partial charge on any atom is 0.274 e. The second-order valence-electron chi connectivity index (χ2n) is 1.34. The van der Waals surface area contributed by atoms with Crippen LogP contribution < -0.4 is 0 Å². The van der Waals surface area contributed by atoms with E-state index in [1.54, 1.807) is 0 Å². The summed E-state index contributed by atoms with van der Waals surface area (Å²) in [4.78, 5) is 0. The summed E-state index contributed by atoms with van der Waals surface area (Å²) in [5.41, 5.74) is 0. The summed E-state index contributed by atoms with van der Waals surface area (Å²) in [6.07, 6.45) is -5.79. The third-order valence-electron chi connectivity index (χ3n) is 0.644. The van der Waals surface area contributed by atoms with Crippen LogP contribution >= 0.6 is 34.8 Å². The summed E-state index contributed by atoms with van der Waals surface area (Å²) < 4.78 is 34.2. The van der Waals surface area contributed by atoms with Crippen molar-refractivity contribution in [2.24, 2.45) is 0 Å². The first-order valence-corrected chi connectivity index (χ1v) is 3.23. The summed E-state index contributed by atoms with van der Waals surface area (Å²) in [7, 11) is 0. The summed E-state index contributed by atoms with van der Waals surface area (Å²) in [5, 5.41) is -0.863. The molecule has 0 bridgehead atoms. The van der Waals surface area contributed by atoms with Crippen molar-refractivity contribution in [3.8, 4) is 0 Å². The Morgan fingerprint density at radius 3 is 1.50 bits per heavy atom. The third kappa shape index (κ3) is 2.99. The highest BCUT2D eigenvalue weighted by Crippen LogP contribution is 2.26. The standard InChI is InChI=1S/C4H2Cl3F3/c5-1(3(6)7)2(8)4(9)10/h2,4H. The van der Waals surface area contributed by atoms with Gasteiger partial charge in [-0.1, -0.05) is 34.8 Å². The number of alkyl halides is 3. The van der Waals surface area contributed by atoms with E-state index in [-0.39, 0.29) is 0 Å². The van der Waals surface area contributed by atoms with Crippen molar-refractivity contribution >= 4 is 34.8 Å². The van der Waals surface area contributed by atoms with Crippen molar-refractivity contribution in [2.45, 2.75) is 12.6 Å². The van der Waals surface area contributed by atoms with Crippen LogP contribution in [0.1, 0.15) is 0 Å². The van der Waals surface area contributed by atoms with Crippen LogP contribution in [-0.4, -0.2) is 12.6 Å². The number of hydrogen-bond donors (Lipinski definition) is 0. The van der Waals surface area contributed by atoms with E-state index < -0.39 is 22.1 Å². The average Bonchev–Trinajstić information content (AvgIpc) is 1.84. The van der Waals surface area contributed by atoms with Gasteiger partial charge in [0.25, 0.3) is 6.43 Å². The molecule has 0 nitrogen and oxygen atoms in total. The first-order valence-electron chi connectivity index (χ1n) is 2.09. The molecule has 10 heavy (non-hydrogen) atoms. The van der Waals surface area contributed by atoms with Gasteiger partial charge in [0, 0.05) is 0 Å². The molecular weight excluding hydrogens is 211 g/mol. The Morgan fingerprint density at radius 2 is 1.40 bits per heavy atom. The molecule has 0 aromatic heterocycles. The van der Waals surface area contributed by atoms with E-state index in [4.69, 9.17) is 34.8 Å². The zero-order valence-corrected chi connectivity index (χ0v) is 6.69. The van der Waals surface area contributed by atoms with Crippen molar-refractivity contribution in [1.29, 1.82) is 0 Å². The van der Waals surface area contributed by atoms with Crippen molar-refractivity contribution < 1.29 is 13.2 Å². The molecular formula is C4H2Cl3F3. The Hall–Kier alpha value is 0.400. The van der Waals surface area contributed by atoms with E-state index in [1.165, 1.54) is 0 Å². The van der Waals surface area contributed by atoms with E-state index in [0.717, 1.165) is 0 Å². The van der Waals surface area contributed by atoms with Gasteiger partial charge < -0.3 is 0 Å². The quantitative estimate of drug-likeness (QED) is 0.659. The van der Waals surface area contributed by atoms with Crippen LogP contribution in [0.25, 0.3) is 0 Å². The average molecular weight is 213 g/mol. The van der Waals surface area contributed by atoms with Gasteiger partial charge in [0.15, 0.2) is 6.17 Å². The number of rotatable bonds is 2. The van der Waals surface area contributed by atoms with Gasteiger partial charge in [0.1, 0.15) is 4.49 Å². The molecule has 0 saturated carbocycles. The van der Waals surface area contributed by atoms with Crippen molar-refractivity contribution in [2.75, 3.05) is 0 Å². The Labute approximate surface area is 70.6 Å². The van der Waals surface area contributed by atoms with Gasteiger partial charge >= 0.3 is 0 Å². The fourth-order valence-electron chi connectivity index (χ4n) is 0.215. The minimum absolute atomic E-state index is 0.672. The number of hydrogen-bond acceptors (Lipinski definition) is 0. The second kappa shape index (κ2) is 4.31. The van der Waals surface area contributed by atoms with Crippen LogP contribution in [0.15, 0.2) is 9.52 Å². The molecule has 0 aromatic rings. The monoisotopic (exact) mass is 212 g/mol. The van der Waals surface area contributed by atoms with Crippen LogP contribution in [0.5, 0.6) is 0 Å². The molecule has 0 heterocycles. The molecule has 0 aliphatic rings. The molecule has 60 valence electrons. The third-order valence-corrected chi connectivity index (χ3v) is 1.64. The molecule has 0 aliphatic carbocycles. The predicted molar refractivity (Wildman–Crippen MR) is 35.5 cm³/mol. The maximum atomic E-state index is 12.1. The van der Waals surface area contributed by atoms with Gasteiger partial charge in [-0.3, -0.25) is 0 Å². The minimum atomic E-state index is -3.19. The fraction of sp³-hybridized carbons (Fsp3) is 0.500. The molecule has 0 aromatic carbocycles. The van der Waals surface area contributed by atoms with E-state index in [9.17, 15) is 13.2 Å². The van der Waals surface area contributed by atoms with Crippen LogP contribution in [0, 0.1) is 0 Å². The molecule has 0 amide bonds. The zero-order valence-electron chi connectivity index (χ0n) is 4.42. The molecule has 0 radical (unpaired) electrons. The van der Waals surface area contributed by atoms with Gasteiger partial charge in [-0.05, 0) is 0 Å². The lowest BCUT2D eigenvalue weighted by atomic mass is 10.4. The first-order chi connectivity index (χ1) is 4.46. The predicted octanol–water partition coefficient (Wildman–Crippen LogP) is 3.48. The summed E-state index contributed by atoms with van der Waals surface area (Å²) >= 11 is 14.7. The van der Waals surface area contributed by atoms with Crippen LogP contribution in [-0.2, 0) is 0 Å². The summed E-state index contributed by atoms with van der Waals surface area (Å²) in [5.74, 6) is 0. The molecule has 0 aliphatic heterocycles. The van der Waals surface area contributed by atoms with Gasteiger partial charge in [0.2, 0.25) is 0 Å². The van der Waals surface area contributed by atoms with Gasteiger partial charge in [-0.15, -0.1) is 0 Å². The van der Waals surface area contributed by atoms with Gasteiger partial charge in [-0.25, -0.2) is 13.2 Å². The lowest BCUT2D eigenvalue weighted by Crippen LogP contribution is -2.12. The summed E-state index contributed by atoms with van der Waals surface area (Å²) in [6.45, 7) is 0. The first kappa shape index (κ1) is 10.4. The van der Waals surface area contributed by atoms with E-state index in [0.29, 0.717) is 0 Å². The lowest BCUT2D eigenvalue weighted by Gasteiger charge is -2.03. The zero-order chi connectivity index (χ0) is 8.31. The Morgan fingerprint density at radius 1 is 1.00 bits per heavy atom. The van der Waals surface area contributed by atoms with Gasteiger partial charge in [-0.2, -0.15) is 0 Å². The fourth-order valence-corrected chi connectivity index (χ4v) is 0.519. The number of allylic oxidation sites excluding steroid dienone is 1. The topological polar surface area (TPSA) is 0 Å². The molecule has 0 N–H and O–H groups in total. The molecule has 1 atom stereocenters. The molecule has 0 rings (SSSR count). The van der Waals surface area contributed by atoms with E-state index in [2.05, 4.69) is 0 Å². The van der Waals surface area contributed by atoms with E-state index in [1.807, 2.05) is 0 Å². The summed E-state index contributed by atoms with van der Waals surface area (Å²) in [6, 6.07) is 0. The molecule has 0 saturated heterocycles. The molecule has 6 heteroatoms. The van der Waals surface area contributed by atoms with Crippen LogP contribution in [0.3, 0.4) is 0 Å². The van der Waals surface area contributed by atoms with Crippen molar-refractivity contribution in [3.05, 3.63) is 9.52 Å². The highest BCUT2D eigenvalue weighted by molar-refractivity contribution is 6.59. The second-order valence-corrected chi connectivity index (χ2v) is 2.70. The van der Waals surface area contributed by atoms with Crippen LogP contribution in [0.2, 0.25) is 0 Å².